The molecule has 158 valence electrons. The van der Waals surface area contributed by atoms with Crippen LogP contribution < -0.4 is 4.90 Å². The van der Waals surface area contributed by atoms with Gasteiger partial charge in [0.05, 0.1) is 16.2 Å². The van der Waals surface area contributed by atoms with E-state index in [1.54, 1.807) is 6.08 Å². The summed E-state index contributed by atoms with van der Waals surface area (Å²) in [5.41, 5.74) is 3.09. The van der Waals surface area contributed by atoms with Crippen LogP contribution in [0.4, 0.5) is 18.9 Å². The van der Waals surface area contributed by atoms with Crippen LogP contribution in [-0.2, 0) is 11.0 Å². The number of para-hydroxylation sites is 1. The first-order chi connectivity index (χ1) is 14.7. The van der Waals surface area contributed by atoms with Gasteiger partial charge in [-0.05, 0) is 61.4 Å². The lowest BCUT2D eigenvalue weighted by Crippen LogP contribution is -2.27. The first-order valence-electron chi connectivity index (χ1n) is 9.36. The fourth-order valence-corrected chi connectivity index (χ4v) is 4.77. The summed E-state index contributed by atoms with van der Waals surface area (Å²) in [6, 6.07) is 14.4. The van der Waals surface area contributed by atoms with Crippen LogP contribution in [0.2, 0.25) is 0 Å². The van der Waals surface area contributed by atoms with Crippen molar-refractivity contribution in [2.75, 3.05) is 4.90 Å². The Morgan fingerprint density at radius 2 is 1.68 bits per heavy atom. The summed E-state index contributed by atoms with van der Waals surface area (Å²) in [5, 5.41) is 0. The van der Waals surface area contributed by atoms with Crippen molar-refractivity contribution in [1.82, 2.24) is 4.57 Å². The van der Waals surface area contributed by atoms with Gasteiger partial charge in [-0.25, -0.2) is 0 Å². The van der Waals surface area contributed by atoms with E-state index in [4.69, 9.17) is 12.2 Å². The van der Waals surface area contributed by atoms with Crippen LogP contribution in [0.25, 0.3) is 11.8 Å². The van der Waals surface area contributed by atoms with Crippen LogP contribution in [0.1, 0.15) is 22.4 Å². The van der Waals surface area contributed by atoms with Crippen molar-refractivity contribution in [2.45, 2.75) is 20.0 Å². The topological polar surface area (TPSA) is 25.2 Å². The van der Waals surface area contributed by atoms with E-state index in [9.17, 15) is 18.0 Å². The maximum Gasteiger partial charge on any atom is 0.416 e. The van der Waals surface area contributed by atoms with Crippen molar-refractivity contribution >= 4 is 46.0 Å². The highest BCUT2D eigenvalue weighted by Gasteiger charge is 2.36. The van der Waals surface area contributed by atoms with Gasteiger partial charge in [0, 0.05) is 17.6 Å². The van der Waals surface area contributed by atoms with Crippen molar-refractivity contribution in [3.8, 4) is 5.69 Å². The fraction of sp³-hybridized carbons (Fsp3) is 0.130. The molecule has 0 aliphatic carbocycles. The van der Waals surface area contributed by atoms with Crippen LogP contribution in [0, 0.1) is 13.8 Å². The SMILES string of the molecule is Cc1cn(-c2ccccc2)c(C)c1C=C1SC(=S)N(c2cccc(C(F)(F)F)c2)C1=O. The van der Waals surface area contributed by atoms with Crippen molar-refractivity contribution in [1.29, 1.82) is 0 Å². The smallest absolute Gasteiger partial charge is 0.320 e. The molecule has 1 aliphatic heterocycles. The van der Waals surface area contributed by atoms with E-state index in [1.165, 1.54) is 12.1 Å². The van der Waals surface area contributed by atoms with E-state index >= 15 is 0 Å². The Balaban J connectivity index is 1.70. The van der Waals surface area contributed by atoms with E-state index in [2.05, 4.69) is 0 Å². The third-order valence-corrected chi connectivity index (χ3v) is 6.34. The Labute approximate surface area is 187 Å². The largest absolute Gasteiger partial charge is 0.416 e. The molecule has 8 heteroatoms. The molecule has 1 aliphatic rings. The molecule has 1 fully saturated rings. The number of hydrogen-bond acceptors (Lipinski definition) is 3. The molecule has 3 nitrogen and oxygen atoms in total. The number of halogens is 3. The predicted molar refractivity (Wildman–Crippen MR) is 122 cm³/mol. The minimum Gasteiger partial charge on any atom is -0.320 e. The lowest BCUT2D eigenvalue weighted by Gasteiger charge is -2.16. The number of aryl methyl sites for hydroxylation is 1. The van der Waals surface area contributed by atoms with E-state index in [-0.39, 0.29) is 10.0 Å². The molecule has 0 bridgehead atoms. The number of thiocarbonyl (C=S) groups is 1. The number of amides is 1. The van der Waals surface area contributed by atoms with Crippen molar-refractivity contribution in [2.24, 2.45) is 0 Å². The lowest BCUT2D eigenvalue weighted by molar-refractivity contribution is -0.137. The second kappa shape index (κ2) is 8.01. The first kappa shape index (κ1) is 21.4. The van der Waals surface area contributed by atoms with Crippen LogP contribution >= 0.6 is 24.0 Å². The van der Waals surface area contributed by atoms with Crippen LogP contribution in [0.15, 0.2) is 65.7 Å². The number of rotatable bonds is 3. The standard InChI is InChI=1S/C23H17F3N2OS2/c1-14-13-27(17-8-4-3-5-9-17)15(2)19(14)12-20-21(29)28(22(30)31-20)18-10-6-7-16(11-18)23(24,25)26/h3-13H,1-2H3. The summed E-state index contributed by atoms with van der Waals surface area (Å²) in [5.74, 6) is -0.430. The Bertz CT molecular complexity index is 1210. The summed E-state index contributed by atoms with van der Waals surface area (Å²) in [7, 11) is 0. The highest BCUT2D eigenvalue weighted by molar-refractivity contribution is 8.27. The van der Waals surface area contributed by atoms with Crippen molar-refractivity contribution in [3.63, 3.8) is 0 Å². The van der Waals surface area contributed by atoms with Gasteiger partial charge >= 0.3 is 6.18 Å². The maximum absolute atomic E-state index is 13.1. The summed E-state index contributed by atoms with van der Waals surface area (Å²) in [4.78, 5) is 14.6. The molecular weight excluding hydrogens is 441 g/mol. The Morgan fingerprint density at radius 1 is 1.00 bits per heavy atom. The van der Waals surface area contributed by atoms with E-state index < -0.39 is 17.6 Å². The van der Waals surface area contributed by atoms with Crippen molar-refractivity contribution < 1.29 is 18.0 Å². The van der Waals surface area contributed by atoms with E-state index in [0.717, 1.165) is 51.3 Å². The van der Waals surface area contributed by atoms with Gasteiger partial charge in [0.2, 0.25) is 0 Å². The van der Waals surface area contributed by atoms with E-state index in [0.29, 0.717) is 4.91 Å². The van der Waals surface area contributed by atoms with Gasteiger partial charge in [-0.15, -0.1) is 0 Å². The summed E-state index contributed by atoms with van der Waals surface area (Å²) in [6.07, 6.45) is -0.748. The third kappa shape index (κ3) is 4.05. The van der Waals surface area contributed by atoms with Gasteiger partial charge in [-0.1, -0.05) is 48.2 Å². The number of hydrogen-bond donors (Lipinski definition) is 0. The van der Waals surface area contributed by atoms with Gasteiger partial charge in [0.25, 0.3) is 5.91 Å². The van der Waals surface area contributed by atoms with Gasteiger partial charge in [0.1, 0.15) is 0 Å². The number of anilines is 1. The Kier molecular flexibility index (Phi) is 5.53. The number of alkyl halides is 3. The fourth-order valence-electron chi connectivity index (χ4n) is 3.49. The molecule has 0 unspecified atom stereocenters. The zero-order valence-electron chi connectivity index (χ0n) is 16.6. The number of thioether (sulfide) groups is 1. The zero-order chi connectivity index (χ0) is 22.3. The van der Waals surface area contributed by atoms with Crippen LogP contribution in [0.5, 0.6) is 0 Å². The van der Waals surface area contributed by atoms with Crippen LogP contribution in [0.3, 0.4) is 0 Å². The van der Waals surface area contributed by atoms with Gasteiger partial charge in [-0.2, -0.15) is 13.2 Å². The highest BCUT2D eigenvalue weighted by atomic mass is 32.2. The molecular formula is C23H17F3N2OS2. The number of aromatic nitrogens is 1. The molecule has 0 radical (unpaired) electrons. The third-order valence-electron chi connectivity index (χ3n) is 5.03. The Hall–Kier alpha value is -2.84. The average Bonchev–Trinajstić information content (AvgIpc) is 3.18. The maximum atomic E-state index is 13.1. The minimum absolute atomic E-state index is 0.107. The zero-order valence-corrected chi connectivity index (χ0v) is 18.2. The second-order valence-corrected chi connectivity index (χ2v) is 8.76. The van der Waals surface area contributed by atoms with E-state index in [1.807, 2.05) is 54.9 Å². The monoisotopic (exact) mass is 458 g/mol. The predicted octanol–water partition coefficient (Wildman–Crippen LogP) is 6.52. The molecule has 2 aromatic carbocycles. The normalized spacial score (nSPS) is 15.9. The lowest BCUT2D eigenvalue weighted by atomic mass is 10.1. The molecule has 0 N–H and O–H groups in total. The molecule has 1 saturated heterocycles. The average molecular weight is 459 g/mol. The molecule has 31 heavy (non-hydrogen) atoms. The Morgan fingerprint density at radius 3 is 2.35 bits per heavy atom. The quantitative estimate of drug-likeness (QED) is 0.330. The molecule has 1 aromatic heterocycles. The molecule has 4 rings (SSSR count). The molecule has 0 spiro atoms. The van der Waals surface area contributed by atoms with Gasteiger partial charge in [0.15, 0.2) is 4.32 Å². The number of benzene rings is 2. The number of carbonyl (C=O) groups excluding carboxylic acids is 1. The molecule has 0 atom stereocenters. The summed E-state index contributed by atoms with van der Waals surface area (Å²) in [6.45, 7) is 3.91. The van der Waals surface area contributed by atoms with Gasteiger partial charge < -0.3 is 4.57 Å². The molecule has 1 amide bonds. The summed E-state index contributed by atoms with van der Waals surface area (Å²) >= 11 is 6.40. The second-order valence-electron chi connectivity index (χ2n) is 7.08. The first-order valence-corrected chi connectivity index (χ1v) is 10.6. The highest BCUT2D eigenvalue weighted by Crippen LogP contribution is 2.39. The number of carbonyl (C=O) groups is 1. The molecule has 3 aromatic rings. The van der Waals surface area contributed by atoms with Gasteiger partial charge in [-0.3, -0.25) is 9.69 Å². The molecule has 0 saturated carbocycles. The number of nitrogens with zero attached hydrogens (tertiary/aromatic N) is 2. The summed E-state index contributed by atoms with van der Waals surface area (Å²) < 4.78 is 41.5. The minimum atomic E-state index is -4.50. The molecule has 2 heterocycles. The van der Waals surface area contributed by atoms with Crippen molar-refractivity contribution in [3.05, 3.63) is 88.1 Å². The van der Waals surface area contributed by atoms with Crippen LogP contribution in [-0.4, -0.2) is 14.8 Å².